The van der Waals surface area contributed by atoms with Crippen LogP contribution in [-0.4, -0.2) is 51.9 Å². The molecule has 1 aliphatic heterocycles. The number of hydrazone groups is 1. The van der Waals surface area contributed by atoms with Crippen LogP contribution in [0.2, 0.25) is 0 Å². The summed E-state index contributed by atoms with van der Waals surface area (Å²) in [7, 11) is 0. The second kappa shape index (κ2) is 10.8. The number of fused-ring (bicyclic) bond motifs is 1. The van der Waals surface area contributed by atoms with Gasteiger partial charge in [-0.1, -0.05) is 50.2 Å². The van der Waals surface area contributed by atoms with Crippen LogP contribution < -0.4 is 5.01 Å². The van der Waals surface area contributed by atoms with Gasteiger partial charge in [-0.15, -0.1) is 0 Å². The summed E-state index contributed by atoms with van der Waals surface area (Å²) in [4.78, 5) is 15.5. The number of aromatic nitrogens is 1. The lowest BCUT2D eigenvalue weighted by atomic mass is 10.1. The van der Waals surface area contributed by atoms with E-state index in [1.165, 1.54) is 5.01 Å². The summed E-state index contributed by atoms with van der Waals surface area (Å²) >= 11 is 0. The number of aliphatic hydroxyl groups is 1. The van der Waals surface area contributed by atoms with Crippen LogP contribution in [0.15, 0.2) is 71.5 Å². The Morgan fingerprint density at radius 1 is 1.03 bits per heavy atom. The highest BCUT2D eigenvalue weighted by atomic mass is 16.3. The Bertz CT molecular complexity index is 1190. The number of hydrogen-bond donors (Lipinski definition) is 1. The molecular formula is C28H34N4O2. The van der Waals surface area contributed by atoms with Crippen LogP contribution in [0.1, 0.15) is 39.2 Å². The predicted octanol–water partition coefficient (Wildman–Crippen LogP) is 4.93. The van der Waals surface area contributed by atoms with E-state index in [2.05, 4.69) is 40.5 Å². The van der Waals surface area contributed by atoms with Crippen LogP contribution in [-0.2, 0) is 11.3 Å². The van der Waals surface area contributed by atoms with Gasteiger partial charge in [0.15, 0.2) is 0 Å². The quantitative estimate of drug-likeness (QED) is 0.438. The first-order valence-corrected chi connectivity index (χ1v) is 12.2. The van der Waals surface area contributed by atoms with Gasteiger partial charge in [0, 0.05) is 35.8 Å². The van der Waals surface area contributed by atoms with E-state index in [4.69, 9.17) is 0 Å². The number of carbonyl (C=O) groups excluding carboxylic acids is 1. The van der Waals surface area contributed by atoms with Crippen LogP contribution in [0, 0.1) is 0 Å². The zero-order valence-electron chi connectivity index (χ0n) is 20.3. The zero-order chi connectivity index (χ0) is 24.1. The summed E-state index contributed by atoms with van der Waals surface area (Å²) in [5.41, 5.74) is 4.04. The van der Waals surface area contributed by atoms with Crippen LogP contribution in [0.4, 0.5) is 5.69 Å². The number of carbonyl (C=O) groups is 1. The Labute approximate surface area is 201 Å². The third-order valence-corrected chi connectivity index (χ3v) is 6.14. The fraction of sp³-hybridized carbons (Fsp3) is 0.357. The number of nitrogens with zero attached hydrogens (tertiary/aromatic N) is 4. The van der Waals surface area contributed by atoms with Crippen LogP contribution >= 0.6 is 0 Å². The molecule has 0 saturated heterocycles. The van der Waals surface area contributed by atoms with Crippen molar-refractivity contribution < 1.29 is 9.90 Å². The number of hydrogen-bond acceptors (Lipinski definition) is 4. The Morgan fingerprint density at radius 2 is 1.71 bits per heavy atom. The van der Waals surface area contributed by atoms with Gasteiger partial charge < -0.3 is 14.6 Å². The van der Waals surface area contributed by atoms with E-state index in [0.717, 1.165) is 48.1 Å². The Kier molecular flexibility index (Phi) is 7.60. The molecule has 2 aromatic carbocycles. The van der Waals surface area contributed by atoms with Gasteiger partial charge in [-0.3, -0.25) is 4.79 Å². The van der Waals surface area contributed by atoms with Crippen LogP contribution in [0.3, 0.4) is 0 Å². The van der Waals surface area contributed by atoms with Gasteiger partial charge in [0.05, 0.1) is 23.1 Å². The third-order valence-electron chi connectivity index (χ3n) is 6.14. The lowest BCUT2D eigenvalue weighted by molar-refractivity contribution is -0.114. The average molecular weight is 459 g/mol. The first-order chi connectivity index (χ1) is 16.5. The second-order valence-corrected chi connectivity index (χ2v) is 8.90. The topological polar surface area (TPSA) is 61.1 Å². The molecule has 0 fully saturated rings. The average Bonchev–Trinajstić information content (AvgIpc) is 3.32. The molecule has 178 valence electrons. The molecule has 0 spiro atoms. The minimum Gasteiger partial charge on any atom is -0.390 e. The molecule has 1 N–H and O–H groups in total. The van der Waals surface area contributed by atoms with Gasteiger partial charge in [-0.05, 0) is 57.1 Å². The number of anilines is 1. The molecule has 0 bridgehead atoms. The van der Waals surface area contributed by atoms with Crippen molar-refractivity contribution in [2.45, 2.75) is 46.3 Å². The van der Waals surface area contributed by atoms with Crippen molar-refractivity contribution in [2.75, 3.05) is 24.6 Å². The van der Waals surface area contributed by atoms with Gasteiger partial charge in [0.2, 0.25) is 0 Å². The van der Waals surface area contributed by atoms with Crippen LogP contribution in [0.25, 0.3) is 17.0 Å². The lowest BCUT2D eigenvalue weighted by Crippen LogP contribution is -2.35. The van der Waals surface area contributed by atoms with E-state index in [-0.39, 0.29) is 5.91 Å². The SMILES string of the molecule is CCCN(CCC)C[C@@H](O)Cn1cc(/C=C2/C(=O)N(c3ccccc3)N=C2C)c2ccccc21. The molecule has 0 radical (unpaired) electrons. The smallest absolute Gasteiger partial charge is 0.280 e. The molecular weight excluding hydrogens is 424 g/mol. The van der Waals surface area contributed by atoms with Gasteiger partial charge in [0.25, 0.3) is 5.91 Å². The Balaban J connectivity index is 1.60. The van der Waals surface area contributed by atoms with E-state index in [0.29, 0.717) is 24.4 Å². The van der Waals surface area contributed by atoms with Crippen molar-refractivity contribution >= 4 is 34.3 Å². The number of amides is 1. The Hall–Kier alpha value is -3.22. The maximum Gasteiger partial charge on any atom is 0.280 e. The van der Waals surface area contributed by atoms with Crippen molar-refractivity contribution in [3.63, 3.8) is 0 Å². The maximum absolute atomic E-state index is 13.2. The molecule has 0 unspecified atom stereocenters. The highest BCUT2D eigenvalue weighted by molar-refractivity contribution is 6.32. The molecule has 0 aliphatic carbocycles. The van der Waals surface area contributed by atoms with Crippen molar-refractivity contribution in [3.8, 4) is 0 Å². The van der Waals surface area contributed by atoms with E-state index in [9.17, 15) is 9.90 Å². The maximum atomic E-state index is 13.2. The molecule has 6 nitrogen and oxygen atoms in total. The first-order valence-electron chi connectivity index (χ1n) is 12.2. The lowest BCUT2D eigenvalue weighted by Gasteiger charge is -2.24. The third kappa shape index (κ3) is 5.13. The van der Waals surface area contributed by atoms with E-state index < -0.39 is 6.10 Å². The fourth-order valence-corrected chi connectivity index (χ4v) is 4.63. The predicted molar refractivity (Wildman–Crippen MR) is 140 cm³/mol. The second-order valence-electron chi connectivity index (χ2n) is 8.90. The fourth-order valence-electron chi connectivity index (χ4n) is 4.63. The van der Waals surface area contributed by atoms with Gasteiger partial charge >= 0.3 is 0 Å². The minimum absolute atomic E-state index is 0.129. The molecule has 1 aliphatic rings. The summed E-state index contributed by atoms with van der Waals surface area (Å²) in [6.45, 7) is 9.35. The monoisotopic (exact) mass is 458 g/mol. The van der Waals surface area contributed by atoms with E-state index >= 15 is 0 Å². The Morgan fingerprint density at radius 3 is 2.41 bits per heavy atom. The zero-order valence-corrected chi connectivity index (χ0v) is 20.3. The molecule has 1 aromatic heterocycles. The normalized spacial score (nSPS) is 16.1. The molecule has 0 saturated carbocycles. The van der Waals surface area contributed by atoms with Gasteiger partial charge in [-0.2, -0.15) is 10.1 Å². The highest BCUT2D eigenvalue weighted by Gasteiger charge is 2.29. The van der Waals surface area contributed by atoms with Crippen molar-refractivity contribution in [1.82, 2.24) is 9.47 Å². The van der Waals surface area contributed by atoms with Crippen molar-refractivity contribution in [3.05, 3.63) is 71.9 Å². The summed E-state index contributed by atoms with van der Waals surface area (Å²) in [5.74, 6) is -0.129. The van der Waals surface area contributed by atoms with Gasteiger partial charge in [-0.25, -0.2) is 0 Å². The molecule has 6 heteroatoms. The molecule has 1 atom stereocenters. The molecule has 2 heterocycles. The number of rotatable bonds is 10. The van der Waals surface area contributed by atoms with Gasteiger partial charge in [0.1, 0.15) is 0 Å². The summed E-state index contributed by atoms with van der Waals surface area (Å²) in [6, 6.07) is 17.6. The number of aliphatic hydroxyl groups excluding tert-OH is 1. The number of para-hydroxylation sites is 2. The van der Waals surface area contributed by atoms with E-state index in [1.54, 1.807) is 0 Å². The minimum atomic E-state index is -0.473. The van der Waals surface area contributed by atoms with Crippen molar-refractivity contribution in [1.29, 1.82) is 0 Å². The molecule has 4 rings (SSSR count). The highest BCUT2D eigenvalue weighted by Crippen LogP contribution is 2.28. The summed E-state index contributed by atoms with van der Waals surface area (Å²) < 4.78 is 2.10. The number of benzene rings is 2. The largest absolute Gasteiger partial charge is 0.390 e. The summed E-state index contributed by atoms with van der Waals surface area (Å²) in [5, 5.41) is 17.9. The van der Waals surface area contributed by atoms with Crippen LogP contribution in [0.5, 0.6) is 0 Å². The van der Waals surface area contributed by atoms with E-state index in [1.807, 2.05) is 61.7 Å². The summed E-state index contributed by atoms with van der Waals surface area (Å²) in [6.07, 6.45) is 5.64. The van der Waals surface area contributed by atoms with Crippen molar-refractivity contribution in [2.24, 2.45) is 5.10 Å². The molecule has 1 amide bonds. The first kappa shape index (κ1) is 23.9. The molecule has 34 heavy (non-hydrogen) atoms. The molecule has 3 aromatic rings. The standard InChI is InChI=1S/C28H34N4O2/c1-4-15-30(16-5-2)19-24(33)20-31-18-22(25-13-9-10-14-27(25)31)17-26-21(3)29-32(28(26)34)23-11-7-6-8-12-23/h6-14,17-18,24,33H,4-5,15-16,19-20H2,1-3H3/b26-17+/t24-/m1/s1.